The number of fused-ring (bicyclic) bond motifs is 1. The fraction of sp³-hybridized carbons (Fsp3) is 0.231. The van der Waals surface area contributed by atoms with Crippen LogP contribution in [0.3, 0.4) is 0 Å². The van der Waals surface area contributed by atoms with E-state index in [9.17, 15) is 4.79 Å². The molecule has 0 atom stereocenters. The Balaban J connectivity index is 2.12. The van der Waals surface area contributed by atoms with Crippen LogP contribution in [0, 0.1) is 5.92 Å². The van der Waals surface area contributed by atoms with Gasteiger partial charge in [-0.05, 0) is 0 Å². The first-order valence-electron chi connectivity index (χ1n) is 5.49. The van der Waals surface area contributed by atoms with Crippen molar-refractivity contribution in [3.63, 3.8) is 0 Å². The van der Waals surface area contributed by atoms with Gasteiger partial charge >= 0.3 is 107 Å². The number of carbonyl (C=O) groups is 1. The second kappa shape index (κ2) is 5.32. The van der Waals surface area contributed by atoms with Gasteiger partial charge in [-0.15, -0.1) is 0 Å². The molecule has 17 heavy (non-hydrogen) atoms. The molecule has 2 radical (unpaired) electrons. The summed E-state index contributed by atoms with van der Waals surface area (Å²) in [6, 6.07) is 11.9. The van der Waals surface area contributed by atoms with E-state index in [4.69, 9.17) is 3.76 Å². The first-order chi connectivity index (χ1) is 8.16. The predicted octanol–water partition coefficient (Wildman–Crippen LogP) is 1.68. The van der Waals surface area contributed by atoms with Crippen molar-refractivity contribution in [1.29, 1.82) is 0 Å². The Labute approximate surface area is 107 Å². The second-order valence-electron chi connectivity index (χ2n) is 4.07. The Morgan fingerprint density at radius 3 is 2.76 bits per heavy atom. The molecule has 2 aromatic rings. The van der Waals surface area contributed by atoms with Crippen molar-refractivity contribution in [2.24, 2.45) is 5.92 Å². The number of benzene rings is 1. The van der Waals surface area contributed by atoms with Crippen LogP contribution in [0.4, 0.5) is 0 Å². The quantitative estimate of drug-likeness (QED) is 0.807. The number of rotatable bonds is 3. The van der Waals surface area contributed by atoms with Crippen LogP contribution in [0.15, 0.2) is 36.4 Å². The van der Waals surface area contributed by atoms with Gasteiger partial charge in [-0.25, -0.2) is 0 Å². The summed E-state index contributed by atoms with van der Waals surface area (Å²) in [4.78, 5) is 15.8. The van der Waals surface area contributed by atoms with Gasteiger partial charge in [-0.2, -0.15) is 0 Å². The monoisotopic (exact) mass is 289 g/mol. The maximum absolute atomic E-state index is 11.4. The van der Waals surface area contributed by atoms with Crippen molar-refractivity contribution in [1.82, 2.24) is 4.98 Å². The summed E-state index contributed by atoms with van der Waals surface area (Å²) in [6.07, 6.45) is 0. The zero-order valence-corrected chi connectivity index (χ0v) is 11.9. The van der Waals surface area contributed by atoms with E-state index in [-0.39, 0.29) is 11.9 Å². The Morgan fingerprint density at radius 1 is 1.24 bits per heavy atom. The molecular weight excluding hydrogens is 275 g/mol. The van der Waals surface area contributed by atoms with Crippen molar-refractivity contribution in [3.05, 3.63) is 36.4 Å². The van der Waals surface area contributed by atoms with Gasteiger partial charge in [-0.1, -0.05) is 0 Å². The summed E-state index contributed by atoms with van der Waals surface area (Å²) in [7, 11) is 0. The van der Waals surface area contributed by atoms with Gasteiger partial charge in [-0.3, -0.25) is 0 Å². The van der Waals surface area contributed by atoms with Crippen LogP contribution in [-0.4, -0.2) is 26.7 Å². The summed E-state index contributed by atoms with van der Waals surface area (Å²) in [5.74, 6) is -0.209. The molecule has 0 unspecified atom stereocenters. The average molecular weight is 288 g/mol. The molecule has 0 saturated heterocycles. The van der Waals surface area contributed by atoms with Crippen molar-refractivity contribution in [2.75, 3.05) is 0 Å². The molecule has 3 nitrogen and oxygen atoms in total. The Hall–Kier alpha value is -1.36. The fourth-order valence-electron chi connectivity index (χ4n) is 1.34. The minimum absolute atomic E-state index is 0.0702. The molecular formula is C13H13GeNO2. The summed E-state index contributed by atoms with van der Waals surface area (Å²) in [5.41, 5.74) is 0.953. The van der Waals surface area contributed by atoms with Crippen molar-refractivity contribution < 1.29 is 8.56 Å². The SMILES string of the molecule is CC(C)C(=O)[O][Ge][c]1ccc2ccccc2n1. The van der Waals surface area contributed by atoms with E-state index in [1.165, 1.54) is 0 Å². The molecule has 2 rings (SSSR count). The van der Waals surface area contributed by atoms with Gasteiger partial charge in [0.15, 0.2) is 0 Å². The first kappa shape index (κ1) is 12.1. The molecule has 0 amide bonds. The van der Waals surface area contributed by atoms with E-state index in [0.717, 1.165) is 15.4 Å². The topological polar surface area (TPSA) is 39.2 Å². The summed E-state index contributed by atoms with van der Waals surface area (Å²) < 4.78 is 6.16. The van der Waals surface area contributed by atoms with E-state index in [0.29, 0.717) is 0 Å². The summed E-state index contributed by atoms with van der Waals surface area (Å²) in [5, 5.41) is 1.11. The maximum atomic E-state index is 11.4. The van der Waals surface area contributed by atoms with Gasteiger partial charge < -0.3 is 0 Å². The number of nitrogens with zero attached hydrogens (tertiary/aromatic N) is 1. The van der Waals surface area contributed by atoms with E-state index < -0.39 is 15.8 Å². The minimum atomic E-state index is -0.922. The first-order valence-corrected chi connectivity index (χ1v) is 7.40. The van der Waals surface area contributed by atoms with E-state index >= 15 is 0 Å². The van der Waals surface area contributed by atoms with Gasteiger partial charge in [0.1, 0.15) is 0 Å². The fourth-order valence-corrected chi connectivity index (χ4v) is 2.93. The van der Waals surface area contributed by atoms with E-state index in [2.05, 4.69) is 4.98 Å². The van der Waals surface area contributed by atoms with Crippen LogP contribution >= 0.6 is 0 Å². The second-order valence-corrected chi connectivity index (χ2v) is 6.00. The standard InChI is InChI=1S/C13H13GeNO2/c1-9(2)13(16)17-14-12-8-7-10-5-3-4-6-11(10)15-12/h3-9H,1-2H3. The van der Waals surface area contributed by atoms with E-state index in [1.807, 2.05) is 50.2 Å². The molecule has 1 aromatic heterocycles. The number of para-hydroxylation sites is 1. The third kappa shape index (κ3) is 3.06. The number of aromatic nitrogens is 1. The molecule has 4 heteroatoms. The Bertz CT molecular complexity index is 540. The third-order valence-electron chi connectivity index (χ3n) is 2.33. The average Bonchev–Trinajstić information content (AvgIpc) is 2.35. The van der Waals surface area contributed by atoms with Crippen LogP contribution in [0.25, 0.3) is 10.9 Å². The molecule has 0 aliphatic heterocycles. The zero-order valence-electron chi connectivity index (χ0n) is 9.81. The summed E-state index contributed by atoms with van der Waals surface area (Å²) >= 11 is -0.922. The van der Waals surface area contributed by atoms with Crippen molar-refractivity contribution in [2.45, 2.75) is 13.8 Å². The summed E-state index contributed by atoms with van der Waals surface area (Å²) in [6.45, 7) is 3.67. The number of carbonyl (C=O) groups excluding carboxylic acids is 1. The molecule has 0 N–H and O–H groups in total. The molecule has 0 aliphatic rings. The van der Waals surface area contributed by atoms with Crippen LogP contribution in [-0.2, 0) is 8.56 Å². The van der Waals surface area contributed by atoms with Crippen LogP contribution < -0.4 is 4.53 Å². The number of hydrogen-bond acceptors (Lipinski definition) is 3. The molecule has 0 bridgehead atoms. The van der Waals surface area contributed by atoms with Crippen LogP contribution in [0.2, 0.25) is 0 Å². The third-order valence-corrected chi connectivity index (χ3v) is 3.99. The molecule has 1 heterocycles. The molecule has 1 aromatic carbocycles. The molecule has 0 aliphatic carbocycles. The van der Waals surface area contributed by atoms with Gasteiger partial charge in [0.25, 0.3) is 0 Å². The van der Waals surface area contributed by atoms with Crippen molar-refractivity contribution in [3.8, 4) is 0 Å². The number of pyridine rings is 1. The molecule has 0 saturated carbocycles. The molecule has 0 spiro atoms. The van der Waals surface area contributed by atoms with Gasteiger partial charge in [0.05, 0.1) is 0 Å². The van der Waals surface area contributed by atoms with Crippen molar-refractivity contribution >= 4 is 37.2 Å². The van der Waals surface area contributed by atoms with E-state index in [1.54, 1.807) is 0 Å². The Kier molecular flexibility index (Phi) is 3.79. The number of hydrogen-bond donors (Lipinski definition) is 0. The van der Waals surface area contributed by atoms with Crippen LogP contribution in [0.1, 0.15) is 13.8 Å². The molecule has 86 valence electrons. The van der Waals surface area contributed by atoms with Gasteiger partial charge in [0.2, 0.25) is 0 Å². The predicted molar refractivity (Wildman–Crippen MR) is 68.1 cm³/mol. The van der Waals surface area contributed by atoms with Crippen LogP contribution in [0.5, 0.6) is 0 Å². The molecule has 0 fully saturated rings. The zero-order chi connectivity index (χ0) is 12.3. The normalized spacial score (nSPS) is 10.8. The van der Waals surface area contributed by atoms with Gasteiger partial charge in [0, 0.05) is 0 Å². The Morgan fingerprint density at radius 2 is 2.00 bits per heavy atom.